The van der Waals surface area contributed by atoms with Gasteiger partial charge in [0.25, 0.3) is 0 Å². The van der Waals surface area contributed by atoms with E-state index in [1.165, 1.54) is 180 Å². The highest BCUT2D eigenvalue weighted by Gasteiger charge is 2.44. The maximum atomic E-state index is 5.29. The first-order chi connectivity index (χ1) is 70.8. The lowest BCUT2D eigenvalue weighted by atomic mass is 9.83. The molecule has 0 fully saturated rings. The molecule has 0 unspecified atom stereocenters. The highest BCUT2D eigenvalue weighted by Crippen LogP contribution is 2.48. The fourth-order valence-corrected chi connectivity index (χ4v) is 35.9. The fourth-order valence-electron chi connectivity index (χ4n) is 22.8. The van der Waals surface area contributed by atoms with Gasteiger partial charge in [0.15, 0.2) is 27.8 Å². The predicted octanol–water partition coefficient (Wildman–Crippen LogP) is 28.9. The Morgan fingerprint density at radius 2 is 0.497 bits per heavy atom. The number of hydrogen-bond acceptors (Lipinski definition) is 8. The van der Waals surface area contributed by atoms with Crippen molar-refractivity contribution in [2.75, 3.05) is 0 Å². The molecule has 0 spiro atoms. The maximum absolute atomic E-state index is 5.29. The average molecular weight is 1910 g/mol. The Hall–Kier alpha value is -16.4. The summed E-state index contributed by atoms with van der Waals surface area (Å²) in [5.41, 5.74) is 29.7. The lowest BCUT2D eigenvalue weighted by Gasteiger charge is -2.34. The number of aromatic nitrogens is 5. The summed E-state index contributed by atoms with van der Waals surface area (Å²) < 4.78 is 8.00. The number of pyridine rings is 1. The molecule has 19 aromatic carbocycles. The zero-order valence-corrected chi connectivity index (χ0v) is 82.9. The second-order valence-electron chi connectivity index (χ2n) is 37.6. The summed E-state index contributed by atoms with van der Waals surface area (Å²) in [6.45, 7) is 0. The van der Waals surface area contributed by atoms with Crippen molar-refractivity contribution in [2.24, 2.45) is 0 Å². The minimum atomic E-state index is -2.67. The Morgan fingerprint density at radius 3 is 0.958 bits per heavy atom. The number of aryl methyl sites for hydroxylation is 6. The van der Waals surface area contributed by atoms with Crippen LogP contribution in [0.15, 0.2) is 492 Å². The predicted molar refractivity (Wildman–Crippen MR) is 611 cm³/mol. The van der Waals surface area contributed by atoms with Gasteiger partial charge in [-0.15, -0.1) is 34.0 Å². The molecule has 25 aromatic rings. The molecule has 28 rings (SSSR count). The van der Waals surface area contributed by atoms with Crippen LogP contribution in [0.5, 0.6) is 0 Å². The van der Waals surface area contributed by atoms with Gasteiger partial charge in [0.2, 0.25) is 0 Å². The van der Waals surface area contributed by atoms with Gasteiger partial charge in [0.05, 0.1) is 22.8 Å². The molecule has 676 valence electrons. The quantitative estimate of drug-likeness (QED) is 0.0756. The van der Waals surface area contributed by atoms with Gasteiger partial charge in [-0.05, 0) is 243 Å². The van der Waals surface area contributed by atoms with Gasteiger partial charge in [-0.25, -0.2) is 24.9 Å². The van der Waals surface area contributed by atoms with Crippen LogP contribution in [0.4, 0.5) is 0 Å². The molecule has 0 amide bonds. The number of benzene rings is 19. The Labute approximate surface area is 846 Å². The molecule has 0 atom stereocenters. The van der Waals surface area contributed by atoms with Gasteiger partial charge in [0.1, 0.15) is 0 Å². The van der Waals surface area contributed by atoms with Crippen LogP contribution >= 0.6 is 34.0 Å². The highest BCUT2D eigenvalue weighted by atomic mass is 32.1. The van der Waals surface area contributed by atoms with Crippen LogP contribution in [-0.4, -0.2) is 41.1 Å². The molecule has 3 aliphatic rings. The zero-order valence-electron chi connectivity index (χ0n) is 78.5. The summed E-state index contributed by atoms with van der Waals surface area (Å²) in [5, 5.41) is 18.9. The summed E-state index contributed by atoms with van der Waals surface area (Å²) in [6.07, 6.45) is 10.2. The van der Waals surface area contributed by atoms with E-state index in [0.717, 1.165) is 106 Å². The maximum Gasteiger partial charge on any atom is 0.179 e. The van der Waals surface area contributed by atoms with Gasteiger partial charge in [-0.3, -0.25) is 0 Å². The van der Waals surface area contributed by atoms with Crippen molar-refractivity contribution in [1.82, 2.24) is 24.9 Å². The number of hydrogen-bond donors (Lipinski definition) is 0. The van der Waals surface area contributed by atoms with Crippen LogP contribution in [0.1, 0.15) is 33.4 Å². The molecule has 0 saturated heterocycles. The van der Waals surface area contributed by atoms with Gasteiger partial charge in [-0.2, -0.15) is 0 Å². The lowest BCUT2D eigenvalue weighted by Crippen LogP contribution is -2.74. The first kappa shape index (κ1) is 86.9. The number of nitrogens with zero attached hydrogens (tertiary/aromatic N) is 5. The minimum Gasteiger partial charge on any atom is -0.248 e. The summed E-state index contributed by atoms with van der Waals surface area (Å²) in [4.78, 5) is 25.3. The van der Waals surface area contributed by atoms with Crippen molar-refractivity contribution < 1.29 is 0 Å². The van der Waals surface area contributed by atoms with Gasteiger partial charge >= 0.3 is 0 Å². The van der Waals surface area contributed by atoms with Gasteiger partial charge in [0, 0.05) is 106 Å². The van der Waals surface area contributed by atoms with Crippen LogP contribution in [0.25, 0.3) is 173 Å². The molecule has 10 heteroatoms. The van der Waals surface area contributed by atoms with Gasteiger partial charge in [-0.1, -0.05) is 394 Å². The van der Waals surface area contributed by atoms with E-state index < -0.39 is 16.1 Å². The van der Waals surface area contributed by atoms with Crippen molar-refractivity contribution in [2.45, 2.75) is 38.5 Å². The normalized spacial score (nSPS) is 12.4. The Morgan fingerprint density at radius 1 is 0.168 bits per heavy atom. The number of rotatable bonds is 15. The SMILES string of the molecule is c1ccc(-c2cc(-c3ccc4c(c3)CCc3cc5c(cc3-4)sc3ccccc35)cc(-c3ccccc3)n2)cc1.c1ccc([Si](c2ccccc2)(c2ccccc2)c2cccc(-c3ccnc(-c4ccc5c(c4)CCc4cc6c(cc4-5)sc4ccccc46)n3)c2)cc1.c1ccc([Si](c2ccccc2)(c2ccccc2)c2cccc(-c3ccnc(-c4cccc5c4sc4cc6c(cc45)CCc4ccccc4-6)n3)c2)cc1. The van der Waals surface area contributed by atoms with E-state index in [1.807, 2.05) is 52.5 Å². The molecule has 0 bridgehead atoms. The van der Waals surface area contributed by atoms with E-state index in [1.54, 1.807) is 0 Å². The fraction of sp³-hybridized carbons (Fsp3) is 0.0451. The summed E-state index contributed by atoms with van der Waals surface area (Å²) in [5.74, 6) is 1.52. The van der Waals surface area contributed by atoms with Gasteiger partial charge < -0.3 is 0 Å². The van der Waals surface area contributed by atoms with Crippen molar-refractivity contribution in [3.63, 3.8) is 0 Å². The van der Waals surface area contributed by atoms with E-state index in [0.29, 0.717) is 0 Å². The molecule has 0 aliphatic heterocycles. The van der Waals surface area contributed by atoms with Crippen LogP contribution in [0.3, 0.4) is 0 Å². The third-order valence-corrected chi connectivity index (χ3v) is 42.6. The Kier molecular flexibility index (Phi) is 22.7. The number of fused-ring (bicyclic) bond motifs is 18. The van der Waals surface area contributed by atoms with E-state index in [9.17, 15) is 0 Å². The monoisotopic (exact) mass is 1910 g/mol. The molecule has 0 N–H and O–H groups in total. The third-order valence-electron chi connectivity index (χ3n) is 29.5. The molecule has 6 aromatic heterocycles. The van der Waals surface area contributed by atoms with E-state index in [4.69, 9.17) is 24.9 Å². The highest BCUT2D eigenvalue weighted by molar-refractivity contribution is 7.27. The van der Waals surface area contributed by atoms with Crippen molar-refractivity contribution in [3.05, 3.63) is 525 Å². The van der Waals surface area contributed by atoms with Crippen LogP contribution < -0.4 is 41.5 Å². The standard InChI is InChI=1S/2C48H34N2SSi.C37H25NS/c1-4-16-36(17-5-1)52(37-18-6-2-7-19-37,38-20-8-3-9-21-38)39-22-12-15-35(30-39)45-28-29-49-48(50-45)42-25-13-24-41-44-31-34-27-26-33-14-10-11-23-40(33)43(34)32-46(44)51-47(41)42;1-4-14-37(15-5-1)52(38-16-6-2-7-17-38,39-18-8-3-9-19-39)40-20-12-13-35(30-40)45-27-28-49-48(50-45)36-25-26-41-33(29-36)23-24-34-31-44-42-21-10-11-22-46(42)51-47(44)32-43(34)41;1-3-9-24(10-4-1)34-21-29(22-35(38-34)25-11-5-2-6-12-25)26-17-18-30-27(19-26)15-16-28-20-33-31-13-7-8-14-36(31)39-37(33)23-32(28)30/h1-25,28-32H,26-27H2;1-22,25-32H,23-24H2;1-14,17-23H,15-16H2. The largest absolute Gasteiger partial charge is 0.248 e. The Bertz CT molecular complexity index is 8900. The van der Waals surface area contributed by atoms with E-state index in [-0.39, 0.29) is 0 Å². The lowest BCUT2D eigenvalue weighted by molar-refractivity contribution is 0.944. The molecular formula is C133H93N5S3Si2. The van der Waals surface area contributed by atoms with Crippen LogP contribution in [-0.2, 0) is 38.5 Å². The van der Waals surface area contributed by atoms with E-state index in [2.05, 4.69) is 473 Å². The second-order valence-corrected chi connectivity index (χ2v) is 48.5. The molecule has 5 nitrogen and oxygen atoms in total. The zero-order chi connectivity index (χ0) is 94.7. The smallest absolute Gasteiger partial charge is 0.179 e. The first-order valence-electron chi connectivity index (χ1n) is 49.4. The average Bonchev–Trinajstić information content (AvgIpc) is 1.47. The third kappa shape index (κ3) is 15.9. The van der Waals surface area contributed by atoms with Crippen molar-refractivity contribution in [1.29, 1.82) is 0 Å². The molecular weight excluding hydrogens is 1820 g/mol. The molecule has 143 heavy (non-hydrogen) atoms. The van der Waals surface area contributed by atoms with E-state index >= 15 is 0 Å². The molecule has 6 heterocycles. The first-order valence-corrected chi connectivity index (χ1v) is 55.8. The molecule has 0 radical (unpaired) electrons. The summed E-state index contributed by atoms with van der Waals surface area (Å²) in [7, 11) is -5.33. The molecule has 0 saturated carbocycles. The van der Waals surface area contributed by atoms with Crippen LogP contribution in [0.2, 0.25) is 0 Å². The summed E-state index contributed by atoms with van der Waals surface area (Å²) >= 11 is 5.65. The van der Waals surface area contributed by atoms with Crippen molar-refractivity contribution in [3.8, 4) is 112 Å². The molecule has 3 aliphatic carbocycles. The summed E-state index contributed by atoms with van der Waals surface area (Å²) in [6, 6.07) is 176. The minimum absolute atomic E-state index is 0.757. The Balaban J connectivity index is 0.000000111. The topological polar surface area (TPSA) is 64.5 Å². The van der Waals surface area contributed by atoms with Crippen molar-refractivity contribution >= 4 is 152 Å². The number of thiophene rings is 3. The second kappa shape index (κ2) is 37.3. The van der Waals surface area contributed by atoms with Crippen LogP contribution in [0, 0.1) is 0 Å².